The molecule has 2 N–H and O–H groups in total. The van der Waals surface area contributed by atoms with Crippen molar-refractivity contribution in [1.29, 1.82) is 0 Å². The van der Waals surface area contributed by atoms with Gasteiger partial charge in [-0.15, -0.1) is 0 Å². The maximum atomic E-state index is 11.6. The summed E-state index contributed by atoms with van der Waals surface area (Å²) >= 11 is 0. The van der Waals surface area contributed by atoms with Crippen LogP contribution in [-0.2, 0) is 17.6 Å². The van der Waals surface area contributed by atoms with Crippen LogP contribution in [0.3, 0.4) is 0 Å². The first-order chi connectivity index (χ1) is 10.2. The SMILES string of the molecule is CCCNC(=O)CCNC(C)c1ccc2c(c1)CCCC2. The molecule has 1 aliphatic rings. The third-order valence-corrected chi connectivity index (χ3v) is 4.25. The van der Waals surface area contributed by atoms with Crippen LogP contribution in [0.2, 0.25) is 0 Å². The molecule has 0 fully saturated rings. The zero-order chi connectivity index (χ0) is 15.1. The lowest BCUT2D eigenvalue weighted by atomic mass is 9.89. The molecule has 1 aromatic rings. The number of benzene rings is 1. The lowest BCUT2D eigenvalue weighted by molar-refractivity contribution is -0.121. The molecule has 1 atom stereocenters. The molecular weight excluding hydrogens is 260 g/mol. The predicted molar refractivity (Wildman–Crippen MR) is 87.4 cm³/mol. The number of rotatable bonds is 7. The summed E-state index contributed by atoms with van der Waals surface area (Å²) in [4.78, 5) is 11.6. The highest BCUT2D eigenvalue weighted by molar-refractivity contribution is 5.75. The fraction of sp³-hybridized carbons (Fsp3) is 0.611. The Labute approximate surface area is 128 Å². The summed E-state index contributed by atoms with van der Waals surface area (Å²) in [5.74, 6) is 0.141. The minimum absolute atomic E-state index is 0.141. The Morgan fingerprint density at radius 3 is 2.71 bits per heavy atom. The number of carbonyl (C=O) groups excluding carboxylic acids is 1. The number of hydrogen-bond acceptors (Lipinski definition) is 2. The van der Waals surface area contributed by atoms with Crippen molar-refractivity contribution in [1.82, 2.24) is 10.6 Å². The Morgan fingerprint density at radius 2 is 1.95 bits per heavy atom. The number of carbonyl (C=O) groups is 1. The number of aryl methyl sites for hydroxylation is 2. The van der Waals surface area contributed by atoms with Crippen LogP contribution < -0.4 is 10.6 Å². The minimum atomic E-state index is 0.141. The van der Waals surface area contributed by atoms with Crippen LogP contribution in [0.1, 0.15) is 62.3 Å². The second-order valence-electron chi connectivity index (χ2n) is 6.01. The average molecular weight is 288 g/mol. The van der Waals surface area contributed by atoms with Gasteiger partial charge in [0.05, 0.1) is 0 Å². The van der Waals surface area contributed by atoms with Gasteiger partial charge in [0.2, 0.25) is 5.91 Å². The Kier molecular flexibility index (Phi) is 6.24. The molecule has 116 valence electrons. The summed E-state index contributed by atoms with van der Waals surface area (Å²) in [6.45, 7) is 5.75. The van der Waals surface area contributed by atoms with Gasteiger partial charge in [-0.05, 0) is 55.7 Å². The number of fused-ring (bicyclic) bond motifs is 1. The molecule has 1 aliphatic carbocycles. The maximum Gasteiger partial charge on any atom is 0.221 e. The van der Waals surface area contributed by atoms with Crippen molar-refractivity contribution in [3.05, 3.63) is 34.9 Å². The van der Waals surface area contributed by atoms with E-state index in [1.165, 1.54) is 42.4 Å². The quantitative estimate of drug-likeness (QED) is 0.809. The topological polar surface area (TPSA) is 41.1 Å². The van der Waals surface area contributed by atoms with E-state index in [9.17, 15) is 4.79 Å². The standard InChI is InChI=1S/C18H28N2O/c1-3-11-20-18(21)10-12-19-14(2)16-9-8-15-6-4-5-7-17(15)13-16/h8-9,13-14,19H,3-7,10-12H2,1-2H3,(H,20,21). The smallest absolute Gasteiger partial charge is 0.221 e. The zero-order valence-electron chi connectivity index (χ0n) is 13.4. The van der Waals surface area contributed by atoms with Gasteiger partial charge in [0, 0.05) is 25.6 Å². The normalized spacial score (nSPS) is 15.3. The largest absolute Gasteiger partial charge is 0.356 e. The van der Waals surface area contributed by atoms with E-state index in [2.05, 4.69) is 42.7 Å². The lowest BCUT2D eigenvalue weighted by Crippen LogP contribution is -2.29. The Hall–Kier alpha value is -1.35. The molecule has 2 rings (SSSR count). The van der Waals surface area contributed by atoms with E-state index in [1.54, 1.807) is 0 Å². The highest BCUT2D eigenvalue weighted by Crippen LogP contribution is 2.24. The average Bonchev–Trinajstić information content (AvgIpc) is 2.52. The predicted octanol–water partition coefficient (Wildman–Crippen LogP) is 3.13. The molecule has 3 nitrogen and oxygen atoms in total. The number of nitrogens with one attached hydrogen (secondary N) is 2. The fourth-order valence-corrected chi connectivity index (χ4v) is 2.90. The minimum Gasteiger partial charge on any atom is -0.356 e. The third kappa shape index (κ3) is 4.85. The zero-order valence-corrected chi connectivity index (χ0v) is 13.4. The van der Waals surface area contributed by atoms with Gasteiger partial charge in [-0.1, -0.05) is 25.1 Å². The van der Waals surface area contributed by atoms with Crippen LogP contribution in [0, 0.1) is 0 Å². The Balaban J connectivity index is 1.80. The molecule has 0 saturated carbocycles. The van der Waals surface area contributed by atoms with Gasteiger partial charge in [-0.3, -0.25) is 4.79 Å². The summed E-state index contributed by atoms with van der Waals surface area (Å²) < 4.78 is 0. The summed E-state index contributed by atoms with van der Waals surface area (Å²) in [5, 5.41) is 6.36. The van der Waals surface area contributed by atoms with Crippen LogP contribution in [0.25, 0.3) is 0 Å². The second-order valence-corrected chi connectivity index (χ2v) is 6.01. The van der Waals surface area contributed by atoms with Gasteiger partial charge in [0.15, 0.2) is 0 Å². The second kappa shape index (κ2) is 8.18. The monoisotopic (exact) mass is 288 g/mol. The van der Waals surface area contributed by atoms with Crippen molar-refractivity contribution in [3.63, 3.8) is 0 Å². The Morgan fingerprint density at radius 1 is 1.19 bits per heavy atom. The highest BCUT2D eigenvalue weighted by Gasteiger charge is 2.12. The van der Waals surface area contributed by atoms with E-state index >= 15 is 0 Å². The first-order valence-corrected chi connectivity index (χ1v) is 8.32. The van der Waals surface area contributed by atoms with E-state index < -0.39 is 0 Å². The molecule has 3 heteroatoms. The van der Waals surface area contributed by atoms with Gasteiger partial charge in [0.1, 0.15) is 0 Å². The maximum absolute atomic E-state index is 11.6. The molecule has 0 heterocycles. The molecule has 0 aromatic heterocycles. The number of amides is 1. The fourth-order valence-electron chi connectivity index (χ4n) is 2.90. The van der Waals surface area contributed by atoms with Crippen LogP contribution >= 0.6 is 0 Å². The molecule has 1 unspecified atom stereocenters. The lowest BCUT2D eigenvalue weighted by Gasteiger charge is -2.20. The van der Waals surface area contributed by atoms with Gasteiger partial charge < -0.3 is 10.6 Å². The molecular formula is C18H28N2O. The van der Waals surface area contributed by atoms with Crippen molar-refractivity contribution < 1.29 is 4.79 Å². The van der Waals surface area contributed by atoms with Crippen molar-refractivity contribution >= 4 is 5.91 Å². The van der Waals surface area contributed by atoms with E-state index in [0.29, 0.717) is 12.5 Å². The van der Waals surface area contributed by atoms with E-state index in [0.717, 1.165) is 19.5 Å². The van der Waals surface area contributed by atoms with Crippen molar-refractivity contribution in [2.24, 2.45) is 0 Å². The van der Waals surface area contributed by atoms with Gasteiger partial charge in [0.25, 0.3) is 0 Å². The van der Waals surface area contributed by atoms with Gasteiger partial charge in [-0.25, -0.2) is 0 Å². The molecule has 1 aromatic carbocycles. The first-order valence-electron chi connectivity index (χ1n) is 8.32. The summed E-state index contributed by atoms with van der Waals surface area (Å²) in [7, 11) is 0. The molecule has 0 saturated heterocycles. The van der Waals surface area contributed by atoms with Gasteiger partial charge >= 0.3 is 0 Å². The van der Waals surface area contributed by atoms with Crippen LogP contribution in [0.15, 0.2) is 18.2 Å². The molecule has 1 amide bonds. The van der Waals surface area contributed by atoms with E-state index in [4.69, 9.17) is 0 Å². The number of hydrogen-bond donors (Lipinski definition) is 2. The molecule has 0 aliphatic heterocycles. The van der Waals surface area contributed by atoms with Crippen molar-refractivity contribution in [2.45, 2.75) is 58.4 Å². The summed E-state index contributed by atoms with van der Waals surface area (Å²) in [6, 6.07) is 7.18. The van der Waals surface area contributed by atoms with Gasteiger partial charge in [-0.2, -0.15) is 0 Å². The molecule has 21 heavy (non-hydrogen) atoms. The Bertz CT molecular complexity index is 470. The van der Waals surface area contributed by atoms with Crippen molar-refractivity contribution in [3.8, 4) is 0 Å². The summed E-state index contributed by atoms with van der Waals surface area (Å²) in [5.41, 5.74) is 4.38. The third-order valence-electron chi connectivity index (χ3n) is 4.25. The highest BCUT2D eigenvalue weighted by atomic mass is 16.1. The first kappa shape index (κ1) is 16.0. The molecule has 0 spiro atoms. The van der Waals surface area contributed by atoms with Crippen LogP contribution in [-0.4, -0.2) is 19.0 Å². The van der Waals surface area contributed by atoms with E-state index in [-0.39, 0.29) is 5.91 Å². The van der Waals surface area contributed by atoms with E-state index in [1.807, 2.05) is 0 Å². The summed E-state index contributed by atoms with van der Waals surface area (Å²) in [6.07, 6.45) is 6.63. The van der Waals surface area contributed by atoms with Crippen LogP contribution in [0.4, 0.5) is 0 Å². The van der Waals surface area contributed by atoms with Crippen molar-refractivity contribution in [2.75, 3.05) is 13.1 Å². The molecule has 0 radical (unpaired) electrons. The molecule has 0 bridgehead atoms. The van der Waals surface area contributed by atoms with Crippen LogP contribution in [0.5, 0.6) is 0 Å².